The van der Waals surface area contributed by atoms with Gasteiger partial charge in [-0.15, -0.1) is 5.10 Å². The molecule has 0 aliphatic rings. The quantitative estimate of drug-likeness (QED) is 0.833. The normalized spacial score (nSPS) is 11.4. The van der Waals surface area contributed by atoms with E-state index in [2.05, 4.69) is 10.3 Å². The SMILES string of the molecule is N#CCc1nnn(CCCO)c1C(F)(F)F. The van der Waals surface area contributed by atoms with Crippen LogP contribution in [0.2, 0.25) is 0 Å². The summed E-state index contributed by atoms with van der Waals surface area (Å²) in [6.07, 6.45) is -4.88. The first-order valence-corrected chi connectivity index (χ1v) is 4.48. The molecule has 88 valence electrons. The highest BCUT2D eigenvalue weighted by Crippen LogP contribution is 2.31. The Kier molecular flexibility index (Phi) is 3.84. The van der Waals surface area contributed by atoms with Crippen LogP contribution in [0, 0.1) is 11.3 Å². The Bertz CT molecular complexity index is 393. The summed E-state index contributed by atoms with van der Waals surface area (Å²) in [5.41, 5.74) is -1.39. The van der Waals surface area contributed by atoms with Crippen molar-refractivity contribution in [2.45, 2.75) is 25.6 Å². The minimum absolute atomic E-state index is 0.0796. The topological polar surface area (TPSA) is 74.7 Å². The van der Waals surface area contributed by atoms with Crippen molar-refractivity contribution < 1.29 is 18.3 Å². The summed E-state index contributed by atoms with van der Waals surface area (Å²) in [5, 5.41) is 23.5. The van der Waals surface area contributed by atoms with Gasteiger partial charge in [0.1, 0.15) is 5.69 Å². The predicted octanol–water partition coefficient (Wildman–Crippen LogP) is 0.745. The molecule has 0 saturated heterocycles. The van der Waals surface area contributed by atoms with Crippen LogP contribution in [0.1, 0.15) is 17.8 Å². The Morgan fingerprint density at radius 1 is 1.44 bits per heavy atom. The number of aliphatic hydroxyl groups is 1. The lowest BCUT2D eigenvalue weighted by atomic mass is 10.2. The molecule has 5 nitrogen and oxygen atoms in total. The maximum absolute atomic E-state index is 12.6. The minimum Gasteiger partial charge on any atom is -0.396 e. The fourth-order valence-electron chi connectivity index (χ4n) is 1.23. The summed E-state index contributed by atoms with van der Waals surface area (Å²) in [4.78, 5) is 0. The second kappa shape index (κ2) is 4.94. The fraction of sp³-hybridized carbons (Fsp3) is 0.625. The van der Waals surface area contributed by atoms with Gasteiger partial charge in [0.15, 0.2) is 5.69 Å². The monoisotopic (exact) mass is 234 g/mol. The Morgan fingerprint density at radius 3 is 2.62 bits per heavy atom. The Labute approximate surface area is 89.1 Å². The van der Waals surface area contributed by atoms with E-state index in [9.17, 15) is 13.2 Å². The third-order valence-corrected chi connectivity index (χ3v) is 1.85. The summed E-state index contributed by atoms with van der Waals surface area (Å²) in [6, 6.07) is 1.60. The predicted molar refractivity (Wildman–Crippen MR) is 46.0 cm³/mol. The van der Waals surface area contributed by atoms with Gasteiger partial charge in [-0.05, 0) is 6.42 Å². The summed E-state index contributed by atoms with van der Waals surface area (Å²) in [7, 11) is 0. The maximum atomic E-state index is 12.6. The molecule has 16 heavy (non-hydrogen) atoms. The first-order chi connectivity index (χ1) is 7.50. The molecular weight excluding hydrogens is 225 g/mol. The molecule has 0 atom stereocenters. The van der Waals surface area contributed by atoms with E-state index < -0.39 is 18.3 Å². The van der Waals surface area contributed by atoms with Crippen LogP contribution in [-0.2, 0) is 19.1 Å². The smallest absolute Gasteiger partial charge is 0.396 e. The number of aliphatic hydroxyl groups excluding tert-OH is 1. The molecule has 1 N–H and O–H groups in total. The van der Waals surface area contributed by atoms with E-state index in [1.807, 2.05) is 0 Å². The van der Waals surface area contributed by atoms with E-state index in [-0.39, 0.29) is 25.3 Å². The highest BCUT2D eigenvalue weighted by atomic mass is 19.4. The lowest BCUT2D eigenvalue weighted by Crippen LogP contribution is -2.17. The Hall–Kier alpha value is -1.62. The van der Waals surface area contributed by atoms with Crippen molar-refractivity contribution >= 4 is 0 Å². The number of aryl methyl sites for hydroxylation is 1. The molecule has 0 saturated carbocycles. The number of halogens is 3. The molecule has 0 radical (unpaired) electrons. The zero-order chi connectivity index (χ0) is 12.2. The first kappa shape index (κ1) is 12.4. The van der Waals surface area contributed by atoms with Gasteiger partial charge in [0.05, 0.1) is 12.5 Å². The molecule has 1 aromatic rings. The second-order valence-corrected chi connectivity index (χ2v) is 3.02. The molecule has 0 aromatic carbocycles. The second-order valence-electron chi connectivity index (χ2n) is 3.02. The Morgan fingerprint density at radius 2 is 2.12 bits per heavy atom. The number of aromatic nitrogens is 3. The fourth-order valence-corrected chi connectivity index (χ4v) is 1.23. The molecule has 0 fully saturated rings. The number of nitrogens with zero attached hydrogens (tertiary/aromatic N) is 4. The van der Waals surface area contributed by atoms with E-state index in [1.54, 1.807) is 6.07 Å². The van der Waals surface area contributed by atoms with Crippen molar-refractivity contribution in [1.29, 1.82) is 5.26 Å². The van der Waals surface area contributed by atoms with Crippen LogP contribution in [0.25, 0.3) is 0 Å². The molecule has 1 heterocycles. The molecule has 0 spiro atoms. The molecule has 0 aliphatic carbocycles. The number of hydrogen-bond acceptors (Lipinski definition) is 4. The highest BCUT2D eigenvalue weighted by molar-refractivity contribution is 5.17. The average Bonchev–Trinajstić information content (AvgIpc) is 2.58. The molecular formula is C8H9F3N4O. The lowest BCUT2D eigenvalue weighted by Gasteiger charge is -2.09. The van der Waals surface area contributed by atoms with E-state index in [0.717, 1.165) is 0 Å². The largest absolute Gasteiger partial charge is 0.434 e. The maximum Gasteiger partial charge on any atom is 0.434 e. The van der Waals surface area contributed by atoms with Crippen molar-refractivity contribution in [2.24, 2.45) is 0 Å². The van der Waals surface area contributed by atoms with Crippen LogP contribution in [0.4, 0.5) is 13.2 Å². The zero-order valence-corrected chi connectivity index (χ0v) is 8.20. The van der Waals surface area contributed by atoms with E-state index in [0.29, 0.717) is 4.68 Å². The summed E-state index contributed by atoms with van der Waals surface area (Å²) < 4.78 is 38.5. The van der Waals surface area contributed by atoms with Crippen molar-refractivity contribution in [3.8, 4) is 6.07 Å². The van der Waals surface area contributed by atoms with Crippen LogP contribution in [0.5, 0.6) is 0 Å². The average molecular weight is 234 g/mol. The third kappa shape index (κ3) is 2.70. The van der Waals surface area contributed by atoms with Crippen LogP contribution in [0.3, 0.4) is 0 Å². The van der Waals surface area contributed by atoms with Crippen molar-refractivity contribution in [1.82, 2.24) is 15.0 Å². The molecule has 8 heteroatoms. The van der Waals surface area contributed by atoms with Gasteiger partial charge in [-0.1, -0.05) is 5.21 Å². The van der Waals surface area contributed by atoms with Gasteiger partial charge >= 0.3 is 6.18 Å². The molecule has 1 rings (SSSR count). The molecule has 0 bridgehead atoms. The van der Waals surface area contributed by atoms with E-state index >= 15 is 0 Å². The highest BCUT2D eigenvalue weighted by Gasteiger charge is 2.38. The van der Waals surface area contributed by atoms with Gasteiger partial charge < -0.3 is 5.11 Å². The molecule has 0 amide bonds. The molecule has 0 unspecified atom stereocenters. The number of rotatable bonds is 4. The van der Waals surface area contributed by atoms with Crippen molar-refractivity contribution in [3.05, 3.63) is 11.4 Å². The standard InChI is InChI=1S/C8H9F3N4O/c9-8(10,11)7-6(2-3-12)13-14-15(7)4-1-5-16/h16H,1-2,4-5H2. The van der Waals surface area contributed by atoms with Gasteiger partial charge in [-0.2, -0.15) is 18.4 Å². The van der Waals surface area contributed by atoms with Gasteiger partial charge in [0.25, 0.3) is 0 Å². The Balaban J connectivity index is 3.05. The minimum atomic E-state index is -4.59. The summed E-state index contributed by atoms with van der Waals surface area (Å²) >= 11 is 0. The van der Waals surface area contributed by atoms with Crippen LogP contribution in [-0.4, -0.2) is 26.7 Å². The first-order valence-electron chi connectivity index (χ1n) is 4.48. The number of hydrogen-bond donors (Lipinski definition) is 1. The molecule has 1 aromatic heterocycles. The van der Waals surface area contributed by atoms with Crippen LogP contribution in [0.15, 0.2) is 0 Å². The van der Waals surface area contributed by atoms with Crippen LogP contribution >= 0.6 is 0 Å². The van der Waals surface area contributed by atoms with E-state index in [4.69, 9.17) is 10.4 Å². The third-order valence-electron chi connectivity index (χ3n) is 1.85. The number of nitriles is 1. The van der Waals surface area contributed by atoms with E-state index in [1.165, 1.54) is 0 Å². The van der Waals surface area contributed by atoms with Crippen molar-refractivity contribution in [3.63, 3.8) is 0 Å². The lowest BCUT2D eigenvalue weighted by molar-refractivity contribution is -0.144. The zero-order valence-electron chi connectivity index (χ0n) is 8.20. The van der Waals surface area contributed by atoms with Crippen molar-refractivity contribution in [2.75, 3.05) is 6.61 Å². The van der Waals surface area contributed by atoms with Crippen LogP contribution < -0.4 is 0 Å². The summed E-state index contributed by atoms with van der Waals surface area (Å²) in [6.45, 7) is -0.311. The van der Waals surface area contributed by atoms with Gasteiger partial charge in [-0.3, -0.25) is 0 Å². The summed E-state index contributed by atoms with van der Waals surface area (Å²) in [5.74, 6) is 0. The number of alkyl halides is 3. The molecule has 0 aliphatic heterocycles. The van der Waals surface area contributed by atoms with Gasteiger partial charge in [0.2, 0.25) is 0 Å². The van der Waals surface area contributed by atoms with Gasteiger partial charge in [0, 0.05) is 13.2 Å². The van der Waals surface area contributed by atoms with Gasteiger partial charge in [-0.25, -0.2) is 4.68 Å².